The van der Waals surface area contributed by atoms with E-state index in [1.54, 1.807) is 10.7 Å². The molecule has 0 bridgehead atoms. The highest BCUT2D eigenvalue weighted by Crippen LogP contribution is 2.27. The van der Waals surface area contributed by atoms with Crippen LogP contribution in [0, 0.1) is 20.8 Å². The summed E-state index contributed by atoms with van der Waals surface area (Å²) in [6, 6.07) is 13.7. The predicted molar refractivity (Wildman–Crippen MR) is 120 cm³/mol. The summed E-state index contributed by atoms with van der Waals surface area (Å²) in [6.45, 7) is 5.79. The first-order chi connectivity index (χ1) is 15.0. The number of hydrogen-bond donors (Lipinski definition) is 1. The van der Waals surface area contributed by atoms with Gasteiger partial charge in [-0.2, -0.15) is 5.10 Å². The van der Waals surface area contributed by atoms with E-state index in [1.807, 2.05) is 67.8 Å². The van der Waals surface area contributed by atoms with Crippen LogP contribution >= 0.6 is 11.3 Å². The summed E-state index contributed by atoms with van der Waals surface area (Å²) in [4.78, 5) is 27.5. The van der Waals surface area contributed by atoms with Crippen LogP contribution in [0.3, 0.4) is 0 Å². The summed E-state index contributed by atoms with van der Waals surface area (Å²) in [5.41, 5.74) is 4.61. The van der Waals surface area contributed by atoms with Crippen molar-refractivity contribution in [3.63, 3.8) is 0 Å². The van der Waals surface area contributed by atoms with Crippen molar-refractivity contribution in [2.45, 2.75) is 20.8 Å². The van der Waals surface area contributed by atoms with Crippen LogP contribution in [0.4, 0.5) is 5.82 Å². The number of rotatable bonds is 4. The Morgan fingerprint density at radius 1 is 1.06 bits per heavy atom. The second kappa shape index (κ2) is 7.44. The smallest absolute Gasteiger partial charge is 0.268 e. The Kier molecular flexibility index (Phi) is 4.59. The van der Waals surface area contributed by atoms with Crippen molar-refractivity contribution in [3.8, 4) is 17.1 Å². The molecule has 31 heavy (non-hydrogen) atoms. The standard InChI is InChI=1S/C22H19N7OS/c1-13-9-14(2)29(27-13)19-10-18(23-12-24-19)26-21(30)20-15(3)28-11-17(25-22(28)31-20)16-7-5-4-6-8-16/h4-12H,1-3H3,(H,23,24,26,30). The number of aromatic nitrogens is 6. The first-order valence-corrected chi connectivity index (χ1v) is 10.5. The maximum Gasteiger partial charge on any atom is 0.268 e. The summed E-state index contributed by atoms with van der Waals surface area (Å²) in [6.07, 6.45) is 3.38. The number of aryl methyl sites for hydroxylation is 3. The van der Waals surface area contributed by atoms with E-state index >= 15 is 0 Å². The van der Waals surface area contributed by atoms with Crippen LogP contribution in [0.1, 0.15) is 26.8 Å². The summed E-state index contributed by atoms with van der Waals surface area (Å²) in [7, 11) is 0. The lowest BCUT2D eigenvalue weighted by Crippen LogP contribution is -2.14. The molecule has 0 saturated heterocycles. The van der Waals surface area contributed by atoms with Gasteiger partial charge < -0.3 is 5.32 Å². The van der Waals surface area contributed by atoms with Gasteiger partial charge in [0.05, 0.1) is 11.4 Å². The normalized spacial score (nSPS) is 11.2. The van der Waals surface area contributed by atoms with Gasteiger partial charge in [0.15, 0.2) is 10.8 Å². The SMILES string of the molecule is Cc1cc(C)n(-c2cc(NC(=O)c3sc4nc(-c5ccccc5)cn4c3C)ncn2)n1. The number of nitrogens with zero attached hydrogens (tertiary/aromatic N) is 6. The van der Waals surface area contributed by atoms with E-state index in [0.29, 0.717) is 16.5 Å². The first-order valence-electron chi connectivity index (χ1n) is 9.70. The zero-order valence-electron chi connectivity index (χ0n) is 17.2. The van der Waals surface area contributed by atoms with E-state index in [1.165, 1.54) is 17.7 Å². The fourth-order valence-electron chi connectivity index (χ4n) is 3.47. The molecule has 154 valence electrons. The van der Waals surface area contributed by atoms with Crippen LogP contribution in [-0.4, -0.2) is 35.0 Å². The van der Waals surface area contributed by atoms with Crippen LogP contribution < -0.4 is 5.32 Å². The molecule has 9 heteroatoms. The van der Waals surface area contributed by atoms with Gasteiger partial charge in [-0.1, -0.05) is 41.7 Å². The van der Waals surface area contributed by atoms with E-state index in [2.05, 4.69) is 25.4 Å². The third-order valence-corrected chi connectivity index (χ3v) is 6.11. The molecule has 0 aliphatic rings. The molecule has 0 unspecified atom stereocenters. The maximum absolute atomic E-state index is 13.0. The molecular formula is C22H19N7OS. The Morgan fingerprint density at radius 3 is 2.58 bits per heavy atom. The fourth-order valence-corrected chi connectivity index (χ4v) is 4.48. The lowest BCUT2D eigenvalue weighted by Gasteiger charge is -2.07. The van der Waals surface area contributed by atoms with Crippen molar-refractivity contribution in [2.75, 3.05) is 5.32 Å². The van der Waals surface area contributed by atoms with Crippen LogP contribution in [0.15, 0.2) is 55.0 Å². The molecule has 0 radical (unpaired) electrons. The third kappa shape index (κ3) is 3.49. The minimum absolute atomic E-state index is 0.229. The molecule has 1 N–H and O–H groups in total. The molecule has 0 spiro atoms. The van der Waals surface area contributed by atoms with Crippen LogP contribution in [0.2, 0.25) is 0 Å². The molecular weight excluding hydrogens is 410 g/mol. The van der Waals surface area contributed by atoms with Gasteiger partial charge in [0, 0.05) is 29.2 Å². The zero-order valence-corrected chi connectivity index (χ0v) is 18.0. The van der Waals surface area contributed by atoms with E-state index in [0.717, 1.165) is 33.3 Å². The van der Waals surface area contributed by atoms with Crippen molar-refractivity contribution in [3.05, 3.63) is 76.9 Å². The van der Waals surface area contributed by atoms with Crippen molar-refractivity contribution in [2.24, 2.45) is 0 Å². The number of carbonyl (C=O) groups is 1. The van der Waals surface area contributed by atoms with Gasteiger partial charge in [-0.3, -0.25) is 9.20 Å². The molecule has 4 aromatic heterocycles. The summed E-state index contributed by atoms with van der Waals surface area (Å²) in [5, 5.41) is 7.30. The average molecular weight is 430 g/mol. The summed E-state index contributed by atoms with van der Waals surface area (Å²) in [5.74, 6) is 0.784. The van der Waals surface area contributed by atoms with Gasteiger partial charge >= 0.3 is 0 Å². The topological polar surface area (TPSA) is 90.0 Å². The van der Waals surface area contributed by atoms with Gasteiger partial charge in [-0.05, 0) is 26.8 Å². The van der Waals surface area contributed by atoms with Gasteiger partial charge in [-0.15, -0.1) is 0 Å². The molecule has 0 saturated carbocycles. The zero-order chi connectivity index (χ0) is 21.5. The Labute approximate surface area is 182 Å². The van der Waals surface area contributed by atoms with Crippen molar-refractivity contribution in [1.82, 2.24) is 29.1 Å². The van der Waals surface area contributed by atoms with Crippen molar-refractivity contribution >= 4 is 28.0 Å². The van der Waals surface area contributed by atoms with Crippen LogP contribution in [0.5, 0.6) is 0 Å². The highest BCUT2D eigenvalue weighted by molar-refractivity contribution is 7.19. The van der Waals surface area contributed by atoms with Crippen molar-refractivity contribution < 1.29 is 4.79 Å². The third-order valence-electron chi connectivity index (χ3n) is 4.95. The van der Waals surface area contributed by atoms with Gasteiger partial charge in [0.25, 0.3) is 5.91 Å². The number of imidazole rings is 1. The monoisotopic (exact) mass is 429 g/mol. The molecule has 5 rings (SSSR count). The number of amides is 1. The van der Waals surface area contributed by atoms with Gasteiger partial charge in [-0.25, -0.2) is 19.6 Å². The number of benzene rings is 1. The predicted octanol–water partition coefficient (Wildman–Crippen LogP) is 4.22. The lowest BCUT2D eigenvalue weighted by molar-refractivity contribution is 0.102. The summed E-state index contributed by atoms with van der Waals surface area (Å²) >= 11 is 1.35. The fraction of sp³-hybridized carbons (Fsp3) is 0.136. The van der Waals surface area contributed by atoms with Crippen LogP contribution in [-0.2, 0) is 0 Å². The Morgan fingerprint density at radius 2 is 1.87 bits per heavy atom. The molecule has 0 aliphatic heterocycles. The number of thiazole rings is 1. The molecule has 8 nitrogen and oxygen atoms in total. The highest BCUT2D eigenvalue weighted by atomic mass is 32.1. The van der Waals surface area contributed by atoms with E-state index in [9.17, 15) is 4.79 Å². The summed E-state index contributed by atoms with van der Waals surface area (Å²) < 4.78 is 3.67. The minimum atomic E-state index is -0.229. The Hall–Kier alpha value is -3.85. The molecule has 0 atom stereocenters. The molecule has 1 aromatic carbocycles. The number of anilines is 1. The Bertz CT molecular complexity index is 1410. The second-order valence-electron chi connectivity index (χ2n) is 7.22. The van der Waals surface area contributed by atoms with E-state index in [-0.39, 0.29) is 5.91 Å². The second-order valence-corrected chi connectivity index (χ2v) is 8.19. The first kappa shape index (κ1) is 19.1. The number of carbonyl (C=O) groups excluding carboxylic acids is 1. The maximum atomic E-state index is 13.0. The van der Waals surface area contributed by atoms with Gasteiger partial charge in [0.1, 0.15) is 17.0 Å². The lowest BCUT2D eigenvalue weighted by atomic mass is 10.2. The van der Waals surface area contributed by atoms with Gasteiger partial charge in [0.2, 0.25) is 0 Å². The van der Waals surface area contributed by atoms with E-state index in [4.69, 9.17) is 0 Å². The molecule has 4 heterocycles. The Balaban J connectivity index is 1.42. The molecule has 0 aliphatic carbocycles. The minimum Gasteiger partial charge on any atom is -0.306 e. The van der Waals surface area contributed by atoms with Crippen molar-refractivity contribution in [1.29, 1.82) is 0 Å². The molecule has 0 fully saturated rings. The molecule has 1 amide bonds. The highest BCUT2D eigenvalue weighted by Gasteiger charge is 2.19. The van der Waals surface area contributed by atoms with Crippen LogP contribution in [0.25, 0.3) is 22.0 Å². The quantitative estimate of drug-likeness (QED) is 0.462. The van der Waals surface area contributed by atoms with E-state index < -0.39 is 0 Å². The number of nitrogens with one attached hydrogen (secondary N) is 1. The number of fused-ring (bicyclic) bond motifs is 1. The average Bonchev–Trinajstić information content (AvgIpc) is 3.42. The number of hydrogen-bond acceptors (Lipinski definition) is 6. The molecule has 5 aromatic rings. The largest absolute Gasteiger partial charge is 0.306 e.